The molecule has 1 rings (SSSR count). The molecular weight excluding hydrogens is 152 g/mol. The van der Waals surface area contributed by atoms with Crippen molar-refractivity contribution in [3.8, 4) is 0 Å². The number of rotatable bonds is 2. The van der Waals surface area contributed by atoms with Gasteiger partial charge in [0.1, 0.15) is 0 Å². The molecule has 2 atom stereocenters. The molecule has 0 saturated carbocycles. The minimum absolute atomic E-state index is 0.149. The molecule has 2 heteroatoms. The van der Waals surface area contributed by atoms with Gasteiger partial charge in [0.25, 0.3) is 0 Å². The van der Waals surface area contributed by atoms with Gasteiger partial charge >= 0.3 is 0 Å². The molecule has 0 aromatic heterocycles. The van der Waals surface area contributed by atoms with E-state index < -0.39 is 0 Å². The summed E-state index contributed by atoms with van der Waals surface area (Å²) in [6.07, 6.45) is 3.66. The fraction of sp³-hybridized carbons (Fsp3) is 1.00. The molecule has 1 aliphatic rings. The Bertz CT molecular complexity index is 145. The second kappa shape index (κ2) is 3.75. The van der Waals surface area contributed by atoms with Gasteiger partial charge in [0.15, 0.2) is 0 Å². The highest BCUT2D eigenvalue weighted by molar-refractivity contribution is 4.82. The lowest BCUT2D eigenvalue weighted by molar-refractivity contribution is -0.152. The maximum absolute atomic E-state index is 9.12. The van der Waals surface area contributed by atoms with Crippen molar-refractivity contribution >= 4 is 0 Å². The Hall–Kier alpha value is -0.0800. The van der Waals surface area contributed by atoms with Gasteiger partial charge in [-0.15, -0.1) is 0 Å². The summed E-state index contributed by atoms with van der Waals surface area (Å²) < 4.78 is 5.83. The molecule has 1 saturated heterocycles. The summed E-state index contributed by atoms with van der Waals surface area (Å²) in [5.41, 5.74) is -0.271. The SMILES string of the molecule is CC(C)[C@@H]1CCC[C@@](C)(CO)O1. The molecular formula is C10H20O2. The summed E-state index contributed by atoms with van der Waals surface area (Å²) >= 11 is 0. The second-order valence-electron chi connectivity index (χ2n) is 4.40. The number of hydrogen-bond donors (Lipinski definition) is 1. The molecule has 1 fully saturated rings. The average molecular weight is 172 g/mol. The van der Waals surface area contributed by atoms with Crippen LogP contribution in [0.4, 0.5) is 0 Å². The minimum atomic E-state index is -0.271. The largest absolute Gasteiger partial charge is 0.393 e. The quantitative estimate of drug-likeness (QED) is 0.690. The number of ether oxygens (including phenoxy) is 1. The highest BCUT2D eigenvalue weighted by atomic mass is 16.5. The first-order valence-electron chi connectivity index (χ1n) is 4.86. The molecule has 0 aliphatic carbocycles. The highest BCUT2D eigenvalue weighted by Crippen LogP contribution is 2.31. The molecule has 72 valence electrons. The van der Waals surface area contributed by atoms with Crippen molar-refractivity contribution in [3.63, 3.8) is 0 Å². The van der Waals surface area contributed by atoms with E-state index in [1.165, 1.54) is 6.42 Å². The van der Waals surface area contributed by atoms with Crippen LogP contribution in [-0.4, -0.2) is 23.4 Å². The number of aliphatic hydroxyl groups is 1. The molecule has 12 heavy (non-hydrogen) atoms. The second-order valence-corrected chi connectivity index (χ2v) is 4.40. The Kier molecular flexibility index (Phi) is 3.13. The third-order valence-corrected chi connectivity index (χ3v) is 2.71. The molecule has 1 aliphatic heterocycles. The average Bonchev–Trinajstić information content (AvgIpc) is 2.05. The third-order valence-electron chi connectivity index (χ3n) is 2.71. The van der Waals surface area contributed by atoms with Crippen LogP contribution in [0.25, 0.3) is 0 Å². The zero-order valence-corrected chi connectivity index (χ0v) is 8.34. The van der Waals surface area contributed by atoms with Crippen LogP contribution in [-0.2, 0) is 4.74 Å². The first kappa shape index (κ1) is 10.0. The fourth-order valence-corrected chi connectivity index (χ4v) is 1.75. The van der Waals surface area contributed by atoms with Crippen molar-refractivity contribution in [2.24, 2.45) is 5.92 Å². The summed E-state index contributed by atoms with van der Waals surface area (Å²) in [7, 11) is 0. The maximum Gasteiger partial charge on any atom is 0.0888 e. The fourth-order valence-electron chi connectivity index (χ4n) is 1.75. The molecule has 0 spiro atoms. The number of aliphatic hydroxyl groups excluding tert-OH is 1. The van der Waals surface area contributed by atoms with E-state index in [0.717, 1.165) is 12.8 Å². The van der Waals surface area contributed by atoms with Crippen molar-refractivity contribution in [1.82, 2.24) is 0 Å². The van der Waals surface area contributed by atoms with E-state index >= 15 is 0 Å². The molecule has 0 amide bonds. The standard InChI is InChI=1S/C10H20O2/c1-8(2)9-5-4-6-10(3,7-11)12-9/h8-9,11H,4-7H2,1-3H3/t9-,10-/m0/s1. The van der Waals surface area contributed by atoms with Crippen LogP contribution in [0.5, 0.6) is 0 Å². The van der Waals surface area contributed by atoms with E-state index in [4.69, 9.17) is 9.84 Å². The van der Waals surface area contributed by atoms with Gasteiger partial charge in [-0.2, -0.15) is 0 Å². The number of hydrogen-bond acceptors (Lipinski definition) is 2. The van der Waals surface area contributed by atoms with E-state index in [9.17, 15) is 0 Å². The third kappa shape index (κ3) is 2.20. The van der Waals surface area contributed by atoms with Crippen molar-refractivity contribution in [2.45, 2.75) is 51.7 Å². The summed E-state index contributed by atoms with van der Waals surface area (Å²) in [4.78, 5) is 0. The predicted octanol–water partition coefficient (Wildman–Crippen LogP) is 1.96. The van der Waals surface area contributed by atoms with Gasteiger partial charge in [-0.25, -0.2) is 0 Å². The van der Waals surface area contributed by atoms with Gasteiger partial charge in [-0.05, 0) is 32.1 Å². The van der Waals surface area contributed by atoms with Crippen LogP contribution < -0.4 is 0 Å². The zero-order chi connectivity index (χ0) is 9.19. The van der Waals surface area contributed by atoms with Gasteiger partial charge in [0.05, 0.1) is 18.3 Å². The van der Waals surface area contributed by atoms with Crippen LogP contribution in [0.2, 0.25) is 0 Å². The van der Waals surface area contributed by atoms with Crippen LogP contribution >= 0.6 is 0 Å². The highest BCUT2D eigenvalue weighted by Gasteiger charge is 2.33. The van der Waals surface area contributed by atoms with E-state index in [0.29, 0.717) is 12.0 Å². The zero-order valence-electron chi connectivity index (χ0n) is 8.34. The van der Waals surface area contributed by atoms with Gasteiger partial charge in [0, 0.05) is 0 Å². The van der Waals surface area contributed by atoms with E-state index in [1.54, 1.807) is 0 Å². The smallest absolute Gasteiger partial charge is 0.0888 e. The van der Waals surface area contributed by atoms with Crippen LogP contribution in [0, 0.1) is 5.92 Å². The van der Waals surface area contributed by atoms with E-state index in [2.05, 4.69) is 13.8 Å². The predicted molar refractivity (Wildman–Crippen MR) is 49.1 cm³/mol. The first-order valence-corrected chi connectivity index (χ1v) is 4.86. The molecule has 0 radical (unpaired) electrons. The lowest BCUT2D eigenvalue weighted by atomic mass is 9.90. The Morgan fingerprint density at radius 1 is 1.58 bits per heavy atom. The summed E-state index contributed by atoms with van der Waals surface area (Å²) in [6, 6.07) is 0. The molecule has 0 unspecified atom stereocenters. The molecule has 1 heterocycles. The Labute approximate surface area is 74.9 Å². The lowest BCUT2D eigenvalue weighted by Gasteiger charge is -2.39. The van der Waals surface area contributed by atoms with Crippen molar-refractivity contribution < 1.29 is 9.84 Å². The molecule has 2 nitrogen and oxygen atoms in total. The van der Waals surface area contributed by atoms with E-state index in [1.807, 2.05) is 6.92 Å². The summed E-state index contributed by atoms with van der Waals surface area (Å²) in [5.74, 6) is 0.566. The van der Waals surface area contributed by atoms with Crippen molar-refractivity contribution in [1.29, 1.82) is 0 Å². The van der Waals surface area contributed by atoms with Gasteiger partial charge in [0.2, 0.25) is 0 Å². The summed E-state index contributed by atoms with van der Waals surface area (Å²) in [6.45, 7) is 6.50. The Morgan fingerprint density at radius 2 is 2.25 bits per heavy atom. The molecule has 0 aromatic carbocycles. The minimum Gasteiger partial charge on any atom is -0.393 e. The normalized spacial score (nSPS) is 37.2. The van der Waals surface area contributed by atoms with E-state index in [-0.39, 0.29) is 12.2 Å². The topological polar surface area (TPSA) is 29.5 Å². The van der Waals surface area contributed by atoms with Crippen LogP contribution in [0.1, 0.15) is 40.0 Å². The first-order chi connectivity index (χ1) is 5.57. The van der Waals surface area contributed by atoms with Gasteiger partial charge in [-0.3, -0.25) is 0 Å². The Balaban J connectivity index is 2.51. The summed E-state index contributed by atoms with van der Waals surface area (Å²) in [5, 5.41) is 9.12. The molecule has 1 N–H and O–H groups in total. The van der Waals surface area contributed by atoms with Gasteiger partial charge in [-0.1, -0.05) is 13.8 Å². The lowest BCUT2D eigenvalue weighted by Crippen LogP contribution is -2.42. The van der Waals surface area contributed by atoms with Crippen molar-refractivity contribution in [3.05, 3.63) is 0 Å². The monoisotopic (exact) mass is 172 g/mol. The van der Waals surface area contributed by atoms with Gasteiger partial charge < -0.3 is 9.84 Å². The van der Waals surface area contributed by atoms with Crippen LogP contribution in [0.15, 0.2) is 0 Å². The maximum atomic E-state index is 9.12. The van der Waals surface area contributed by atoms with Crippen molar-refractivity contribution in [2.75, 3.05) is 6.61 Å². The molecule has 0 aromatic rings. The Morgan fingerprint density at radius 3 is 2.75 bits per heavy atom. The van der Waals surface area contributed by atoms with Crippen LogP contribution in [0.3, 0.4) is 0 Å². The molecule has 0 bridgehead atoms.